The molecule has 0 bridgehead atoms. The number of imidazole rings is 1. The van der Waals surface area contributed by atoms with Gasteiger partial charge in [-0.15, -0.1) is 0 Å². The molecule has 3 aromatic heterocycles. The molecule has 0 amide bonds. The smallest absolute Gasteiger partial charge is 0.305 e. The summed E-state index contributed by atoms with van der Waals surface area (Å²) in [6, 6.07) is 13.0. The monoisotopic (exact) mass is 376 g/mol. The van der Waals surface area contributed by atoms with Gasteiger partial charge in [-0.1, -0.05) is 18.2 Å². The fraction of sp³-hybridized carbons (Fsp3) is 0.238. The lowest BCUT2D eigenvalue weighted by molar-refractivity contribution is -0.143. The van der Waals surface area contributed by atoms with Crippen molar-refractivity contribution in [1.82, 2.24) is 19.4 Å². The normalized spacial score (nSPS) is 11.1. The largest absolute Gasteiger partial charge is 0.465 e. The molecular weight excluding hydrogens is 356 g/mol. The first-order chi connectivity index (χ1) is 13.7. The fourth-order valence-electron chi connectivity index (χ4n) is 3.10. The molecule has 0 saturated carbocycles. The molecule has 28 heavy (non-hydrogen) atoms. The van der Waals surface area contributed by atoms with E-state index in [2.05, 4.69) is 15.0 Å². The van der Waals surface area contributed by atoms with Crippen LogP contribution in [-0.2, 0) is 22.4 Å². The summed E-state index contributed by atoms with van der Waals surface area (Å²) in [5, 5.41) is 0.567. The van der Waals surface area contributed by atoms with E-state index in [4.69, 9.17) is 4.74 Å². The molecule has 7 heteroatoms. The van der Waals surface area contributed by atoms with Crippen molar-refractivity contribution in [3.05, 3.63) is 76.7 Å². The molecular formula is C21H20N4O3. The van der Waals surface area contributed by atoms with Crippen LogP contribution in [0.3, 0.4) is 0 Å². The van der Waals surface area contributed by atoms with E-state index in [0.29, 0.717) is 42.6 Å². The highest BCUT2D eigenvalue weighted by Gasteiger charge is 2.07. The van der Waals surface area contributed by atoms with E-state index in [1.165, 1.54) is 0 Å². The summed E-state index contributed by atoms with van der Waals surface area (Å²) in [6.45, 7) is 0.299. The van der Waals surface area contributed by atoms with Gasteiger partial charge < -0.3 is 14.1 Å². The number of H-pyrrole nitrogens is 1. The fourth-order valence-corrected chi connectivity index (χ4v) is 3.10. The van der Waals surface area contributed by atoms with Gasteiger partial charge in [0, 0.05) is 31.7 Å². The molecule has 4 rings (SSSR count). The molecule has 1 aromatic carbocycles. The minimum absolute atomic E-state index is 0.157. The molecule has 7 nitrogen and oxygen atoms in total. The second-order valence-electron chi connectivity index (χ2n) is 6.55. The average molecular weight is 376 g/mol. The molecule has 0 unspecified atom stereocenters. The molecule has 0 saturated heterocycles. The van der Waals surface area contributed by atoms with Crippen LogP contribution in [0.25, 0.3) is 16.6 Å². The minimum Gasteiger partial charge on any atom is -0.465 e. The summed E-state index contributed by atoms with van der Waals surface area (Å²) in [5.74, 6) is 0.327. The van der Waals surface area contributed by atoms with E-state index in [0.717, 1.165) is 11.3 Å². The van der Waals surface area contributed by atoms with Gasteiger partial charge in [-0.05, 0) is 30.7 Å². The zero-order valence-corrected chi connectivity index (χ0v) is 15.3. The quantitative estimate of drug-likeness (QED) is 0.501. The number of ether oxygens (including phenoxy) is 1. The lowest BCUT2D eigenvalue weighted by atomic mass is 10.2. The van der Waals surface area contributed by atoms with Gasteiger partial charge in [0.1, 0.15) is 11.5 Å². The van der Waals surface area contributed by atoms with Crippen molar-refractivity contribution >= 4 is 22.5 Å². The number of hydrogen-bond donors (Lipinski definition) is 1. The molecule has 3 heterocycles. The van der Waals surface area contributed by atoms with Crippen molar-refractivity contribution in [2.24, 2.45) is 0 Å². The maximum Gasteiger partial charge on any atom is 0.305 e. The second-order valence-corrected chi connectivity index (χ2v) is 6.55. The first kappa shape index (κ1) is 17.9. The highest BCUT2D eigenvalue weighted by Crippen LogP contribution is 2.08. The SMILES string of the molecule is O=C(CCCc1nc2ccccc2c(=O)[nH]1)OCCc1cn2ccccc2n1. The molecule has 0 fully saturated rings. The van der Waals surface area contributed by atoms with Gasteiger partial charge in [0.05, 0.1) is 23.2 Å². The molecule has 0 spiro atoms. The Balaban J connectivity index is 1.24. The zero-order chi connectivity index (χ0) is 19.3. The number of hydrogen-bond acceptors (Lipinski definition) is 5. The van der Waals surface area contributed by atoms with E-state index in [-0.39, 0.29) is 17.9 Å². The maximum atomic E-state index is 12.0. The Morgan fingerprint density at radius 3 is 2.82 bits per heavy atom. The number of esters is 1. The van der Waals surface area contributed by atoms with Crippen LogP contribution < -0.4 is 5.56 Å². The van der Waals surface area contributed by atoms with E-state index in [1.807, 2.05) is 47.1 Å². The summed E-state index contributed by atoms with van der Waals surface area (Å²) in [6.07, 6.45) is 5.80. The standard InChI is InChI=1S/C21H20N4O3/c26-20(28-13-11-15-14-25-12-4-3-9-19(25)22-15)10-5-8-18-23-17-7-2-1-6-16(17)21(27)24-18/h1-4,6-7,9,12,14H,5,8,10-11,13H2,(H,23,24,27). The Labute approximate surface area is 161 Å². The van der Waals surface area contributed by atoms with Crippen LogP contribution in [0.4, 0.5) is 0 Å². The van der Waals surface area contributed by atoms with Gasteiger partial charge in [0.2, 0.25) is 0 Å². The van der Waals surface area contributed by atoms with Crippen LogP contribution in [-0.4, -0.2) is 31.9 Å². The molecule has 4 aromatic rings. The third kappa shape index (κ3) is 4.09. The Morgan fingerprint density at radius 2 is 1.93 bits per heavy atom. The Morgan fingerprint density at radius 1 is 1.07 bits per heavy atom. The Kier molecular flexibility index (Phi) is 5.14. The van der Waals surface area contributed by atoms with Gasteiger partial charge in [0.15, 0.2) is 0 Å². The third-order valence-electron chi connectivity index (χ3n) is 4.49. The second kappa shape index (κ2) is 8.04. The molecule has 0 aliphatic heterocycles. The van der Waals surface area contributed by atoms with Crippen LogP contribution in [0, 0.1) is 0 Å². The van der Waals surface area contributed by atoms with Crippen LogP contribution in [0.5, 0.6) is 0 Å². The van der Waals surface area contributed by atoms with Crippen molar-refractivity contribution in [3.8, 4) is 0 Å². The van der Waals surface area contributed by atoms with E-state index >= 15 is 0 Å². The number of rotatable bonds is 7. The number of aromatic amines is 1. The molecule has 0 radical (unpaired) electrons. The highest BCUT2D eigenvalue weighted by molar-refractivity contribution is 5.77. The number of aromatic nitrogens is 4. The first-order valence-corrected chi connectivity index (χ1v) is 9.25. The van der Waals surface area contributed by atoms with Crippen molar-refractivity contribution in [3.63, 3.8) is 0 Å². The summed E-state index contributed by atoms with van der Waals surface area (Å²) in [5.41, 5.74) is 2.27. The summed E-state index contributed by atoms with van der Waals surface area (Å²) < 4.78 is 7.23. The van der Waals surface area contributed by atoms with Crippen LogP contribution in [0.2, 0.25) is 0 Å². The predicted molar refractivity (Wildman–Crippen MR) is 105 cm³/mol. The van der Waals surface area contributed by atoms with Crippen LogP contribution in [0.1, 0.15) is 24.4 Å². The summed E-state index contributed by atoms with van der Waals surface area (Å²) in [4.78, 5) is 35.7. The molecule has 0 aliphatic rings. The van der Waals surface area contributed by atoms with E-state index in [9.17, 15) is 9.59 Å². The van der Waals surface area contributed by atoms with Crippen molar-refractivity contribution in [1.29, 1.82) is 0 Å². The molecule has 1 N–H and O–H groups in total. The van der Waals surface area contributed by atoms with Gasteiger partial charge in [-0.2, -0.15) is 0 Å². The molecule has 0 aliphatic carbocycles. The van der Waals surface area contributed by atoms with Gasteiger partial charge in [-0.25, -0.2) is 9.97 Å². The molecule has 142 valence electrons. The highest BCUT2D eigenvalue weighted by atomic mass is 16.5. The number of carbonyl (C=O) groups is 1. The number of nitrogens with zero attached hydrogens (tertiary/aromatic N) is 3. The Bertz CT molecular complexity index is 1150. The number of benzene rings is 1. The van der Waals surface area contributed by atoms with Crippen molar-refractivity contribution < 1.29 is 9.53 Å². The topological polar surface area (TPSA) is 89.3 Å². The number of carbonyl (C=O) groups excluding carboxylic acids is 1. The Hall–Kier alpha value is -3.48. The van der Waals surface area contributed by atoms with Crippen LogP contribution in [0.15, 0.2) is 59.7 Å². The number of fused-ring (bicyclic) bond motifs is 2. The first-order valence-electron chi connectivity index (χ1n) is 9.25. The maximum absolute atomic E-state index is 12.0. The predicted octanol–water partition coefficient (Wildman–Crippen LogP) is 2.68. The van der Waals surface area contributed by atoms with Gasteiger partial charge >= 0.3 is 5.97 Å². The minimum atomic E-state index is -0.257. The summed E-state index contributed by atoms with van der Waals surface area (Å²) in [7, 11) is 0. The third-order valence-corrected chi connectivity index (χ3v) is 4.49. The van der Waals surface area contributed by atoms with E-state index < -0.39 is 0 Å². The number of aryl methyl sites for hydroxylation is 1. The van der Waals surface area contributed by atoms with Gasteiger partial charge in [0.25, 0.3) is 5.56 Å². The van der Waals surface area contributed by atoms with Gasteiger partial charge in [-0.3, -0.25) is 9.59 Å². The zero-order valence-electron chi connectivity index (χ0n) is 15.3. The van der Waals surface area contributed by atoms with Crippen molar-refractivity contribution in [2.75, 3.05) is 6.61 Å². The lowest BCUT2D eigenvalue weighted by Crippen LogP contribution is -2.13. The average Bonchev–Trinajstić information content (AvgIpc) is 3.11. The van der Waals surface area contributed by atoms with Crippen molar-refractivity contribution in [2.45, 2.75) is 25.7 Å². The number of pyridine rings is 1. The molecule has 0 atom stereocenters. The van der Waals surface area contributed by atoms with Crippen LogP contribution >= 0.6 is 0 Å². The number of para-hydroxylation sites is 1. The van der Waals surface area contributed by atoms with E-state index in [1.54, 1.807) is 12.1 Å². The summed E-state index contributed by atoms with van der Waals surface area (Å²) >= 11 is 0. The lowest BCUT2D eigenvalue weighted by Gasteiger charge is -2.04. The number of nitrogens with one attached hydrogen (secondary N) is 1.